The molecule has 2 aromatic carbocycles. The van der Waals surface area contributed by atoms with Crippen LogP contribution in [-0.4, -0.2) is 7.05 Å². The second-order valence-corrected chi connectivity index (χ2v) is 5.11. The van der Waals surface area contributed by atoms with Gasteiger partial charge in [-0.2, -0.15) is 0 Å². The van der Waals surface area contributed by atoms with Crippen LogP contribution in [-0.2, 0) is 6.54 Å². The topological polar surface area (TPSA) is 12.0 Å². The maximum absolute atomic E-state index is 3.52. The summed E-state index contributed by atoms with van der Waals surface area (Å²) in [5.41, 5.74) is 5.19. The van der Waals surface area contributed by atoms with E-state index in [2.05, 4.69) is 70.6 Å². The minimum absolute atomic E-state index is 0.904. The molecule has 0 amide bonds. The van der Waals surface area contributed by atoms with Gasteiger partial charge < -0.3 is 5.32 Å². The Bertz CT molecular complexity index is 520. The molecule has 2 aromatic rings. The van der Waals surface area contributed by atoms with Crippen LogP contribution in [0.5, 0.6) is 0 Å². The van der Waals surface area contributed by atoms with Crippen molar-refractivity contribution >= 4 is 15.9 Å². The second kappa shape index (κ2) is 5.48. The fourth-order valence-corrected chi connectivity index (χ4v) is 2.35. The van der Waals surface area contributed by atoms with Crippen molar-refractivity contribution in [3.63, 3.8) is 0 Å². The van der Waals surface area contributed by atoms with Gasteiger partial charge in [-0.3, -0.25) is 0 Å². The number of aryl methyl sites for hydroxylation is 1. The van der Waals surface area contributed by atoms with E-state index < -0.39 is 0 Å². The summed E-state index contributed by atoms with van der Waals surface area (Å²) < 4.78 is 1.12. The molecule has 17 heavy (non-hydrogen) atoms. The largest absolute Gasteiger partial charge is 0.316 e. The number of nitrogens with one attached hydrogen (secondary N) is 1. The molecule has 2 heteroatoms. The van der Waals surface area contributed by atoms with Crippen LogP contribution in [0.25, 0.3) is 11.1 Å². The molecule has 0 aromatic heterocycles. The van der Waals surface area contributed by atoms with Gasteiger partial charge in [0.1, 0.15) is 0 Å². The van der Waals surface area contributed by atoms with Crippen LogP contribution in [0.4, 0.5) is 0 Å². The number of hydrogen-bond donors (Lipinski definition) is 1. The van der Waals surface area contributed by atoms with Crippen LogP contribution < -0.4 is 5.32 Å². The summed E-state index contributed by atoms with van der Waals surface area (Å²) in [6, 6.07) is 15.0. The van der Waals surface area contributed by atoms with Gasteiger partial charge in [0.15, 0.2) is 0 Å². The number of rotatable bonds is 3. The second-order valence-electron chi connectivity index (χ2n) is 4.19. The molecular weight excluding hydrogens is 274 g/mol. The Balaban J connectivity index is 2.46. The molecule has 0 spiro atoms. The van der Waals surface area contributed by atoms with Crippen molar-refractivity contribution < 1.29 is 0 Å². The standard InChI is InChI=1S/C15H16BrN/c1-11-6-7-12(10-17-2)8-15(11)13-4-3-5-14(16)9-13/h3-9,17H,10H2,1-2H3. The lowest BCUT2D eigenvalue weighted by molar-refractivity contribution is 0.818. The molecule has 0 saturated heterocycles. The van der Waals surface area contributed by atoms with Crippen molar-refractivity contribution in [3.8, 4) is 11.1 Å². The molecule has 88 valence electrons. The van der Waals surface area contributed by atoms with Gasteiger partial charge in [0, 0.05) is 11.0 Å². The first-order valence-electron chi connectivity index (χ1n) is 5.71. The fraction of sp³-hybridized carbons (Fsp3) is 0.200. The predicted molar refractivity (Wildman–Crippen MR) is 77.1 cm³/mol. The van der Waals surface area contributed by atoms with Gasteiger partial charge >= 0.3 is 0 Å². The molecule has 0 atom stereocenters. The normalized spacial score (nSPS) is 10.5. The zero-order valence-electron chi connectivity index (χ0n) is 10.1. The predicted octanol–water partition coefficient (Wildman–Crippen LogP) is 4.14. The highest BCUT2D eigenvalue weighted by molar-refractivity contribution is 9.10. The third-order valence-electron chi connectivity index (χ3n) is 2.82. The van der Waals surface area contributed by atoms with Gasteiger partial charge in [0.05, 0.1) is 0 Å². The molecule has 0 unspecified atom stereocenters. The first kappa shape index (κ1) is 12.3. The average molecular weight is 290 g/mol. The van der Waals surface area contributed by atoms with Gasteiger partial charge in [-0.25, -0.2) is 0 Å². The lowest BCUT2D eigenvalue weighted by Crippen LogP contribution is -2.05. The van der Waals surface area contributed by atoms with E-state index >= 15 is 0 Å². The summed E-state index contributed by atoms with van der Waals surface area (Å²) in [7, 11) is 1.97. The molecule has 0 saturated carbocycles. The molecule has 2 rings (SSSR count). The summed E-state index contributed by atoms with van der Waals surface area (Å²) in [5.74, 6) is 0. The number of benzene rings is 2. The van der Waals surface area contributed by atoms with Crippen molar-refractivity contribution in [3.05, 3.63) is 58.1 Å². The molecule has 0 heterocycles. The third kappa shape index (κ3) is 2.96. The van der Waals surface area contributed by atoms with Crippen LogP contribution in [0.3, 0.4) is 0 Å². The lowest BCUT2D eigenvalue weighted by atomic mass is 9.98. The number of hydrogen-bond acceptors (Lipinski definition) is 1. The van der Waals surface area contributed by atoms with Crippen LogP contribution in [0.1, 0.15) is 11.1 Å². The Kier molecular flexibility index (Phi) is 3.97. The van der Waals surface area contributed by atoms with E-state index in [0.29, 0.717) is 0 Å². The zero-order chi connectivity index (χ0) is 12.3. The Labute approximate surface area is 111 Å². The first-order chi connectivity index (χ1) is 8.20. The summed E-state index contributed by atoms with van der Waals surface area (Å²) in [5, 5.41) is 3.18. The quantitative estimate of drug-likeness (QED) is 0.895. The molecule has 0 bridgehead atoms. The van der Waals surface area contributed by atoms with E-state index in [-0.39, 0.29) is 0 Å². The minimum Gasteiger partial charge on any atom is -0.316 e. The molecule has 0 radical (unpaired) electrons. The van der Waals surface area contributed by atoms with E-state index in [1.807, 2.05) is 7.05 Å². The Morgan fingerprint density at radius 1 is 1.12 bits per heavy atom. The SMILES string of the molecule is CNCc1ccc(C)c(-c2cccc(Br)c2)c1. The molecular formula is C15H16BrN. The molecule has 0 aliphatic rings. The average Bonchev–Trinajstić information content (AvgIpc) is 2.32. The highest BCUT2D eigenvalue weighted by Crippen LogP contribution is 2.26. The summed E-state index contributed by atoms with van der Waals surface area (Å²) in [6.45, 7) is 3.06. The highest BCUT2D eigenvalue weighted by atomic mass is 79.9. The molecule has 0 fully saturated rings. The summed E-state index contributed by atoms with van der Waals surface area (Å²) in [6.07, 6.45) is 0. The van der Waals surface area contributed by atoms with Crippen LogP contribution in [0.15, 0.2) is 46.9 Å². The summed E-state index contributed by atoms with van der Waals surface area (Å²) in [4.78, 5) is 0. The van der Waals surface area contributed by atoms with Crippen molar-refractivity contribution in [2.75, 3.05) is 7.05 Å². The minimum atomic E-state index is 0.904. The highest BCUT2D eigenvalue weighted by Gasteiger charge is 2.03. The summed E-state index contributed by atoms with van der Waals surface area (Å²) >= 11 is 3.52. The zero-order valence-corrected chi connectivity index (χ0v) is 11.7. The van der Waals surface area contributed by atoms with Crippen molar-refractivity contribution in [2.45, 2.75) is 13.5 Å². The van der Waals surface area contributed by atoms with Crippen molar-refractivity contribution in [1.29, 1.82) is 0 Å². The maximum Gasteiger partial charge on any atom is 0.0202 e. The monoisotopic (exact) mass is 289 g/mol. The fourth-order valence-electron chi connectivity index (χ4n) is 1.95. The molecule has 0 aliphatic carbocycles. The van der Waals surface area contributed by atoms with Gasteiger partial charge in [-0.15, -0.1) is 0 Å². The maximum atomic E-state index is 3.52. The van der Waals surface area contributed by atoms with Crippen molar-refractivity contribution in [1.82, 2.24) is 5.32 Å². The van der Waals surface area contributed by atoms with Gasteiger partial charge in [-0.05, 0) is 54.4 Å². The Hall–Kier alpha value is -1.12. The Morgan fingerprint density at radius 2 is 1.94 bits per heavy atom. The number of halogens is 1. The van der Waals surface area contributed by atoms with Crippen LogP contribution >= 0.6 is 15.9 Å². The smallest absolute Gasteiger partial charge is 0.0202 e. The van der Waals surface area contributed by atoms with Gasteiger partial charge in [0.2, 0.25) is 0 Å². The van der Waals surface area contributed by atoms with E-state index in [0.717, 1.165) is 11.0 Å². The van der Waals surface area contributed by atoms with Gasteiger partial charge in [-0.1, -0.05) is 40.2 Å². The first-order valence-corrected chi connectivity index (χ1v) is 6.50. The Morgan fingerprint density at radius 3 is 2.65 bits per heavy atom. The van der Waals surface area contributed by atoms with E-state index in [9.17, 15) is 0 Å². The van der Waals surface area contributed by atoms with E-state index in [4.69, 9.17) is 0 Å². The third-order valence-corrected chi connectivity index (χ3v) is 3.31. The molecule has 1 nitrogen and oxygen atoms in total. The van der Waals surface area contributed by atoms with E-state index in [1.54, 1.807) is 0 Å². The molecule has 1 N–H and O–H groups in total. The van der Waals surface area contributed by atoms with Gasteiger partial charge in [0.25, 0.3) is 0 Å². The lowest BCUT2D eigenvalue weighted by Gasteiger charge is -2.09. The van der Waals surface area contributed by atoms with Crippen molar-refractivity contribution in [2.24, 2.45) is 0 Å². The molecule has 0 aliphatic heterocycles. The van der Waals surface area contributed by atoms with Crippen LogP contribution in [0.2, 0.25) is 0 Å². The van der Waals surface area contributed by atoms with Crippen LogP contribution in [0, 0.1) is 6.92 Å². The van der Waals surface area contributed by atoms with E-state index in [1.165, 1.54) is 22.3 Å².